The highest BCUT2D eigenvalue weighted by atomic mass is 35.5. The van der Waals surface area contributed by atoms with E-state index in [1.54, 1.807) is 0 Å². The quantitative estimate of drug-likeness (QED) is 0.225. The third kappa shape index (κ3) is 5.99. The average molecular weight is 514 g/mol. The van der Waals surface area contributed by atoms with Gasteiger partial charge in [0.1, 0.15) is 0 Å². The summed E-state index contributed by atoms with van der Waals surface area (Å²) in [5.74, 6) is 1.27. The highest BCUT2D eigenvalue weighted by molar-refractivity contribution is 5.98. The van der Waals surface area contributed by atoms with Crippen LogP contribution >= 0.6 is 0 Å². The first-order valence-corrected chi connectivity index (χ1v) is 13.5. The van der Waals surface area contributed by atoms with Crippen molar-refractivity contribution in [3.05, 3.63) is 108 Å². The first-order valence-electron chi connectivity index (χ1n) is 13.5. The van der Waals surface area contributed by atoms with Gasteiger partial charge < -0.3 is 27.5 Å². The van der Waals surface area contributed by atoms with Crippen LogP contribution in [0.1, 0.15) is 51.3 Å². The maximum atomic E-state index is 3.54. The largest absolute Gasteiger partial charge is 1.00 e. The van der Waals surface area contributed by atoms with Gasteiger partial charge >= 0.3 is 0 Å². The molecular weight excluding hydrogens is 474 g/mol. The molecule has 0 aliphatic rings. The van der Waals surface area contributed by atoms with Crippen LogP contribution in [0.3, 0.4) is 0 Å². The Balaban J connectivity index is 0.00000380. The van der Waals surface area contributed by atoms with Gasteiger partial charge in [0, 0.05) is 54.9 Å². The topological polar surface area (TPSA) is 18.5 Å². The summed E-state index contributed by atoms with van der Waals surface area (Å²) in [6, 6.07) is 31.5. The Hall–Kier alpha value is -3.30. The van der Waals surface area contributed by atoms with Crippen molar-refractivity contribution in [3.63, 3.8) is 0 Å². The highest BCUT2D eigenvalue weighted by Gasteiger charge is 2.26. The van der Waals surface area contributed by atoms with Crippen LogP contribution < -0.4 is 27.5 Å². The standard InChI is InChI=1S/C33H40N3.ClH/c1-6-34-32-24-23-31(29-13-11-12-14-30(29)32)33(25-15-19-27(20-16-25)35(7-2)8-3)26-17-21-28(22-18-26)36(9-4)10-5;/h11-24,34H,6-10H2,1-5H3;1H/q+1;/p-1. The molecule has 0 aliphatic heterocycles. The van der Waals surface area contributed by atoms with Crippen LogP contribution in [0, 0.1) is 5.92 Å². The molecule has 194 valence electrons. The lowest BCUT2D eigenvalue weighted by molar-refractivity contribution is -0.00000728. The number of hydrogen-bond acceptors (Lipinski definition) is 3. The van der Waals surface area contributed by atoms with Crippen LogP contribution in [0.5, 0.6) is 0 Å². The summed E-state index contributed by atoms with van der Waals surface area (Å²) in [6.07, 6.45) is 0. The molecule has 0 radical (unpaired) electrons. The molecule has 0 unspecified atom stereocenters. The molecular formula is C33H40ClN3. The van der Waals surface area contributed by atoms with Crippen molar-refractivity contribution in [1.82, 2.24) is 0 Å². The van der Waals surface area contributed by atoms with Crippen LogP contribution in [-0.4, -0.2) is 32.7 Å². The van der Waals surface area contributed by atoms with Gasteiger partial charge in [-0.05, 0) is 107 Å². The minimum Gasteiger partial charge on any atom is -1.00 e. The van der Waals surface area contributed by atoms with E-state index >= 15 is 0 Å². The fourth-order valence-electron chi connectivity index (χ4n) is 5.19. The van der Waals surface area contributed by atoms with Crippen LogP contribution in [0.4, 0.5) is 17.1 Å². The van der Waals surface area contributed by atoms with Crippen molar-refractivity contribution in [2.45, 2.75) is 34.6 Å². The smallest absolute Gasteiger partial charge is 0.0638 e. The lowest BCUT2D eigenvalue weighted by Gasteiger charge is -2.23. The number of rotatable bonds is 11. The van der Waals surface area contributed by atoms with E-state index in [2.05, 4.69) is 135 Å². The number of nitrogens with one attached hydrogen (secondary N) is 1. The fraction of sp³-hybridized carbons (Fsp3) is 0.303. The summed E-state index contributed by atoms with van der Waals surface area (Å²) < 4.78 is 0. The molecule has 0 bridgehead atoms. The highest BCUT2D eigenvalue weighted by Crippen LogP contribution is 2.38. The second-order valence-corrected chi connectivity index (χ2v) is 9.05. The lowest BCUT2D eigenvalue weighted by Crippen LogP contribution is -3.00. The predicted octanol–water partition coefficient (Wildman–Crippen LogP) is 4.99. The van der Waals surface area contributed by atoms with Crippen molar-refractivity contribution >= 4 is 27.8 Å². The van der Waals surface area contributed by atoms with E-state index in [1.807, 2.05) is 0 Å². The molecule has 0 fully saturated rings. The molecule has 4 rings (SSSR count). The van der Waals surface area contributed by atoms with E-state index in [0.29, 0.717) is 0 Å². The number of halogens is 1. The Bertz CT molecular complexity index is 1190. The van der Waals surface area contributed by atoms with E-state index in [9.17, 15) is 0 Å². The first kappa shape index (κ1) is 28.3. The molecule has 4 aromatic rings. The van der Waals surface area contributed by atoms with Gasteiger partial charge in [0.05, 0.1) is 28.3 Å². The van der Waals surface area contributed by atoms with E-state index in [-0.39, 0.29) is 12.4 Å². The number of fused-ring (bicyclic) bond motifs is 1. The van der Waals surface area contributed by atoms with E-state index in [4.69, 9.17) is 0 Å². The maximum absolute atomic E-state index is 3.54. The SMILES string of the molecule is CCNc1ccc([C+](c2ccc(N(CC)CC)cc2)c2ccc(N(CC)CC)cc2)c2ccccc12.[Cl-]. The Morgan fingerprint density at radius 2 is 1.03 bits per heavy atom. The summed E-state index contributed by atoms with van der Waals surface area (Å²) in [5, 5.41) is 6.07. The zero-order valence-corrected chi connectivity index (χ0v) is 23.6. The third-order valence-corrected chi connectivity index (χ3v) is 7.13. The van der Waals surface area contributed by atoms with Crippen molar-refractivity contribution in [2.24, 2.45) is 0 Å². The van der Waals surface area contributed by atoms with Crippen molar-refractivity contribution in [2.75, 3.05) is 47.8 Å². The zero-order valence-electron chi connectivity index (χ0n) is 22.9. The van der Waals surface area contributed by atoms with Gasteiger partial charge in [0.25, 0.3) is 0 Å². The zero-order chi connectivity index (χ0) is 25.5. The molecule has 0 aromatic heterocycles. The van der Waals surface area contributed by atoms with Gasteiger partial charge in [0.15, 0.2) is 0 Å². The third-order valence-electron chi connectivity index (χ3n) is 7.13. The van der Waals surface area contributed by atoms with Crippen molar-refractivity contribution in [1.29, 1.82) is 0 Å². The summed E-state index contributed by atoms with van der Waals surface area (Å²) >= 11 is 0. The van der Waals surface area contributed by atoms with Gasteiger partial charge in [-0.15, -0.1) is 0 Å². The average Bonchev–Trinajstić information content (AvgIpc) is 2.93. The molecule has 0 heterocycles. The molecule has 0 atom stereocenters. The van der Waals surface area contributed by atoms with E-state index < -0.39 is 0 Å². The molecule has 3 nitrogen and oxygen atoms in total. The minimum absolute atomic E-state index is 0. The second kappa shape index (κ2) is 13.3. The number of anilines is 3. The molecule has 0 saturated carbocycles. The molecule has 0 amide bonds. The summed E-state index contributed by atoms with van der Waals surface area (Å²) in [6.45, 7) is 15.9. The van der Waals surface area contributed by atoms with Crippen LogP contribution in [0.25, 0.3) is 10.8 Å². The minimum atomic E-state index is 0. The molecule has 0 spiro atoms. The Morgan fingerprint density at radius 3 is 1.46 bits per heavy atom. The fourth-order valence-corrected chi connectivity index (χ4v) is 5.19. The van der Waals surface area contributed by atoms with Crippen LogP contribution in [0.2, 0.25) is 0 Å². The van der Waals surface area contributed by atoms with Gasteiger partial charge in [-0.25, -0.2) is 0 Å². The predicted molar refractivity (Wildman–Crippen MR) is 159 cm³/mol. The normalized spacial score (nSPS) is 10.6. The van der Waals surface area contributed by atoms with E-state index in [0.717, 1.165) is 32.7 Å². The monoisotopic (exact) mass is 513 g/mol. The lowest BCUT2D eigenvalue weighted by atomic mass is 9.82. The van der Waals surface area contributed by atoms with Crippen LogP contribution in [0.15, 0.2) is 84.9 Å². The van der Waals surface area contributed by atoms with Gasteiger partial charge in [0.2, 0.25) is 0 Å². The number of nitrogens with zero attached hydrogens (tertiary/aromatic N) is 2. The number of hydrogen-bond donors (Lipinski definition) is 1. The molecule has 0 saturated heterocycles. The van der Waals surface area contributed by atoms with Gasteiger partial charge in [-0.1, -0.05) is 12.1 Å². The van der Waals surface area contributed by atoms with Gasteiger partial charge in [-0.3, -0.25) is 0 Å². The summed E-state index contributed by atoms with van der Waals surface area (Å²) in [7, 11) is 0. The molecule has 37 heavy (non-hydrogen) atoms. The first-order chi connectivity index (χ1) is 17.6. The second-order valence-electron chi connectivity index (χ2n) is 9.05. The Kier molecular flexibility index (Phi) is 10.2. The molecule has 4 aromatic carbocycles. The summed E-state index contributed by atoms with van der Waals surface area (Å²) in [4.78, 5) is 4.78. The van der Waals surface area contributed by atoms with Crippen LogP contribution in [-0.2, 0) is 0 Å². The van der Waals surface area contributed by atoms with E-state index in [1.165, 1.54) is 50.4 Å². The van der Waals surface area contributed by atoms with Crippen molar-refractivity contribution < 1.29 is 12.4 Å². The van der Waals surface area contributed by atoms with Gasteiger partial charge in [-0.2, -0.15) is 0 Å². The molecule has 0 aliphatic carbocycles. The molecule has 4 heteroatoms. The summed E-state index contributed by atoms with van der Waals surface area (Å²) in [5.41, 5.74) is 7.47. The maximum Gasteiger partial charge on any atom is 0.0638 e. The Morgan fingerprint density at radius 1 is 0.568 bits per heavy atom. The Labute approximate surface area is 229 Å². The van der Waals surface area contributed by atoms with Crippen molar-refractivity contribution in [3.8, 4) is 0 Å². The molecule has 1 N–H and O–H groups in total. The number of benzene rings is 4.